The zero-order chi connectivity index (χ0) is 15.4. The molecule has 1 atom stereocenters. The summed E-state index contributed by atoms with van der Waals surface area (Å²) in [5.41, 5.74) is -0.0356. The summed E-state index contributed by atoms with van der Waals surface area (Å²) in [5.74, 6) is 0. The highest BCUT2D eigenvalue weighted by Crippen LogP contribution is 2.37. The molecule has 1 aliphatic carbocycles. The first-order valence-corrected chi connectivity index (χ1v) is 7.88. The van der Waals surface area contributed by atoms with Gasteiger partial charge in [-0.15, -0.1) is 0 Å². The van der Waals surface area contributed by atoms with Crippen molar-refractivity contribution in [2.45, 2.75) is 70.3 Å². The monoisotopic (exact) mass is 307 g/mol. The lowest BCUT2D eigenvalue weighted by Crippen LogP contribution is -2.33. The zero-order valence-electron chi connectivity index (χ0n) is 12.6. The maximum atomic E-state index is 13.1. The van der Waals surface area contributed by atoms with Gasteiger partial charge in [0, 0.05) is 10.8 Å². The summed E-state index contributed by atoms with van der Waals surface area (Å²) in [5, 5.41) is 0. The smallest absolute Gasteiger partial charge is 0.256 e. The number of hydrogen-bond acceptors (Lipinski definition) is 2. The lowest BCUT2D eigenvalue weighted by Gasteiger charge is -2.29. The average Bonchev–Trinajstić information content (AvgIpc) is 2.32. The Morgan fingerprint density at radius 2 is 1.80 bits per heavy atom. The Morgan fingerprint density at radius 1 is 1.20 bits per heavy atom. The summed E-state index contributed by atoms with van der Waals surface area (Å²) >= 11 is 1.50. The molecule has 0 heterocycles. The van der Waals surface area contributed by atoms with E-state index in [9.17, 15) is 13.2 Å². The SMILES string of the molecule is CCCC(NSC(C)(C)C)C1=CCCC=C1C(F)(F)F. The van der Waals surface area contributed by atoms with E-state index in [0.29, 0.717) is 24.8 Å². The second kappa shape index (κ2) is 7.03. The molecule has 1 rings (SSSR count). The molecule has 0 spiro atoms. The van der Waals surface area contributed by atoms with Crippen molar-refractivity contribution < 1.29 is 13.2 Å². The Kier molecular flexibility index (Phi) is 6.20. The van der Waals surface area contributed by atoms with E-state index < -0.39 is 11.7 Å². The van der Waals surface area contributed by atoms with Crippen LogP contribution in [0.1, 0.15) is 53.4 Å². The zero-order valence-corrected chi connectivity index (χ0v) is 13.4. The molecule has 1 unspecified atom stereocenters. The van der Waals surface area contributed by atoms with Gasteiger partial charge in [-0.2, -0.15) is 13.2 Å². The fraction of sp³-hybridized carbons (Fsp3) is 0.733. The van der Waals surface area contributed by atoms with Gasteiger partial charge in [-0.05, 0) is 45.6 Å². The quantitative estimate of drug-likeness (QED) is 0.682. The van der Waals surface area contributed by atoms with E-state index in [-0.39, 0.29) is 10.8 Å². The van der Waals surface area contributed by atoms with Crippen LogP contribution < -0.4 is 4.72 Å². The van der Waals surface area contributed by atoms with E-state index in [2.05, 4.69) is 4.72 Å². The van der Waals surface area contributed by atoms with Crippen molar-refractivity contribution in [3.63, 3.8) is 0 Å². The predicted molar refractivity (Wildman–Crippen MR) is 80.6 cm³/mol. The van der Waals surface area contributed by atoms with Crippen LogP contribution in [0.2, 0.25) is 0 Å². The summed E-state index contributed by atoms with van der Waals surface area (Å²) in [6.07, 6.45) is 1.56. The molecule has 0 saturated heterocycles. The maximum Gasteiger partial charge on any atom is 0.416 e. The van der Waals surface area contributed by atoms with E-state index in [4.69, 9.17) is 0 Å². The lowest BCUT2D eigenvalue weighted by atomic mass is 9.90. The second-order valence-corrected chi connectivity index (χ2v) is 7.69. The number of rotatable bonds is 5. The van der Waals surface area contributed by atoms with Gasteiger partial charge in [0.2, 0.25) is 0 Å². The van der Waals surface area contributed by atoms with E-state index in [1.807, 2.05) is 27.7 Å². The van der Waals surface area contributed by atoms with Crippen LogP contribution >= 0.6 is 11.9 Å². The highest BCUT2D eigenvalue weighted by molar-refractivity contribution is 7.98. The number of hydrogen-bond donors (Lipinski definition) is 1. The van der Waals surface area contributed by atoms with E-state index >= 15 is 0 Å². The molecule has 0 aromatic heterocycles. The third-order valence-electron chi connectivity index (χ3n) is 2.96. The second-order valence-electron chi connectivity index (χ2n) is 6.03. The van der Waals surface area contributed by atoms with Crippen molar-refractivity contribution >= 4 is 11.9 Å². The van der Waals surface area contributed by atoms with Crippen molar-refractivity contribution in [2.24, 2.45) is 0 Å². The molecular weight excluding hydrogens is 283 g/mol. The van der Waals surface area contributed by atoms with Crippen molar-refractivity contribution in [3.05, 3.63) is 23.3 Å². The van der Waals surface area contributed by atoms with Gasteiger partial charge >= 0.3 is 6.18 Å². The number of nitrogens with one attached hydrogen (secondary N) is 1. The Hall–Kier alpha value is -0.420. The highest BCUT2D eigenvalue weighted by Gasteiger charge is 2.38. The highest BCUT2D eigenvalue weighted by atomic mass is 32.2. The van der Waals surface area contributed by atoms with E-state index in [1.54, 1.807) is 6.08 Å². The van der Waals surface area contributed by atoms with Crippen molar-refractivity contribution in [2.75, 3.05) is 0 Å². The molecule has 0 fully saturated rings. The van der Waals surface area contributed by atoms with Crippen LogP contribution in [0.25, 0.3) is 0 Å². The van der Waals surface area contributed by atoms with Gasteiger partial charge in [-0.1, -0.05) is 37.4 Å². The molecule has 0 aliphatic heterocycles. The molecule has 1 N–H and O–H groups in total. The number of alkyl halides is 3. The molecule has 20 heavy (non-hydrogen) atoms. The Labute approximate surface area is 124 Å². The van der Waals surface area contributed by atoms with Gasteiger partial charge in [0.1, 0.15) is 0 Å². The van der Waals surface area contributed by atoms with Crippen LogP contribution in [0.15, 0.2) is 23.3 Å². The molecule has 0 aromatic carbocycles. The topological polar surface area (TPSA) is 12.0 Å². The van der Waals surface area contributed by atoms with Crippen LogP contribution in [0.4, 0.5) is 13.2 Å². The number of halogens is 3. The largest absolute Gasteiger partial charge is 0.416 e. The van der Waals surface area contributed by atoms with Crippen molar-refractivity contribution in [1.82, 2.24) is 4.72 Å². The van der Waals surface area contributed by atoms with Crippen LogP contribution in [0, 0.1) is 0 Å². The molecule has 5 heteroatoms. The van der Waals surface area contributed by atoms with Crippen LogP contribution in [0.3, 0.4) is 0 Å². The van der Waals surface area contributed by atoms with Gasteiger partial charge in [-0.25, -0.2) is 0 Å². The van der Waals surface area contributed by atoms with Gasteiger partial charge < -0.3 is 0 Å². The molecule has 0 radical (unpaired) electrons. The molecule has 0 aromatic rings. The first-order valence-electron chi connectivity index (χ1n) is 7.06. The minimum absolute atomic E-state index is 0.0245. The third kappa shape index (κ3) is 5.52. The van der Waals surface area contributed by atoms with Crippen LogP contribution in [-0.4, -0.2) is 17.0 Å². The van der Waals surface area contributed by atoms with Gasteiger partial charge in [-0.3, -0.25) is 4.72 Å². The Balaban J connectivity index is 2.89. The average molecular weight is 307 g/mol. The third-order valence-corrected chi connectivity index (χ3v) is 3.97. The molecule has 1 aliphatic rings. The van der Waals surface area contributed by atoms with Gasteiger partial charge in [0.15, 0.2) is 0 Å². The summed E-state index contributed by atoms with van der Waals surface area (Å²) in [7, 11) is 0. The summed E-state index contributed by atoms with van der Waals surface area (Å²) in [6, 6.07) is -0.239. The van der Waals surface area contributed by atoms with Crippen molar-refractivity contribution in [3.8, 4) is 0 Å². The first-order chi connectivity index (χ1) is 9.15. The summed E-state index contributed by atoms with van der Waals surface area (Å²) < 4.78 is 42.6. The standard InChI is InChI=1S/C15H24F3NS/c1-5-8-13(19-20-14(2,3)4)11-9-6-7-10-12(11)15(16,17)18/h9-10,13,19H,5-8H2,1-4H3. The normalized spacial score (nSPS) is 18.6. The van der Waals surface area contributed by atoms with Gasteiger partial charge in [0.05, 0.1) is 5.57 Å². The predicted octanol–water partition coefficient (Wildman–Crippen LogP) is 5.40. The van der Waals surface area contributed by atoms with E-state index in [0.717, 1.165) is 6.42 Å². The number of allylic oxidation sites excluding steroid dienone is 2. The summed E-state index contributed by atoms with van der Waals surface area (Å²) in [6.45, 7) is 8.13. The molecule has 0 saturated carbocycles. The lowest BCUT2D eigenvalue weighted by molar-refractivity contribution is -0.0903. The maximum absolute atomic E-state index is 13.1. The first kappa shape index (κ1) is 17.6. The molecule has 0 bridgehead atoms. The van der Waals surface area contributed by atoms with Crippen LogP contribution in [-0.2, 0) is 0 Å². The minimum atomic E-state index is -4.26. The Bertz CT molecular complexity index is 378. The molecular formula is C15H24F3NS. The molecule has 116 valence electrons. The minimum Gasteiger partial charge on any atom is -0.256 e. The van der Waals surface area contributed by atoms with Gasteiger partial charge in [0.25, 0.3) is 0 Å². The fourth-order valence-electron chi connectivity index (χ4n) is 2.12. The van der Waals surface area contributed by atoms with Crippen LogP contribution in [0.5, 0.6) is 0 Å². The van der Waals surface area contributed by atoms with Crippen molar-refractivity contribution in [1.29, 1.82) is 0 Å². The molecule has 0 amide bonds. The Morgan fingerprint density at radius 3 is 2.30 bits per heavy atom. The summed E-state index contributed by atoms with van der Waals surface area (Å²) in [4.78, 5) is 0. The molecule has 1 nitrogen and oxygen atoms in total. The fourth-order valence-corrected chi connectivity index (χ4v) is 2.86. The van der Waals surface area contributed by atoms with E-state index in [1.165, 1.54) is 18.0 Å².